The Morgan fingerprint density at radius 1 is 0.821 bits per heavy atom. The summed E-state index contributed by atoms with van der Waals surface area (Å²) in [6.07, 6.45) is 2.67. The molecule has 198 valence electrons. The van der Waals surface area contributed by atoms with E-state index in [0.717, 1.165) is 0 Å². The van der Waals surface area contributed by atoms with Gasteiger partial charge in [0.25, 0.3) is 15.9 Å². The number of hydrogen-bond acceptors (Lipinski definition) is 9. The number of anilines is 4. The van der Waals surface area contributed by atoms with Crippen LogP contribution >= 0.6 is 0 Å². The van der Waals surface area contributed by atoms with Crippen molar-refractivity contribution in [3.05, 3.63) is 90.9 Å². The maximum atomic E-state index is 13.4. The van der Waals surface area contributed by atoms with Crippen LogP contribution in [0.25, 0.3) is 11.0 Å². The molecule has 0 saturated heterocycles. The molecule has 0 spiro atoms. The Kier molecular flexibility index (Phi) is 7.02. The highest BCUT2D eigenvalue weighted by molar-refractivity contribution is 7.92. The molecule has 0 atom stereocenters. The van der Waals surface area contributed by atoms with Crippen LogP contribution in [0.3, 0.4) is 0 Å². The number of carbonyl (C=O) groups is 1. The lowest BCUT2D eigenvalue weighted by atomic mass is 10.2. The highest BCUT2D eigenvalue weighted by atomic mass is 32.2. The summed E-state index contributed by atoms with van der Waals surface area (Å²) in [4.78, 5) is 21.4. The Morgan fingerprint density at radius 2 is 1.51 bits per heavy atom. The lowest BCUT2D eigenvalue weighted by molar-refractivity contribution is 0.102. The Hall–Kier alpha value is -5.10. The van der Waals surface area contributed by atoms with Crippen molar-refractivity contribution in [1.82, 2.24) is 9.97 Å². The third kappa shape index (κ3) is 5.75. The second kappa shape index (κ2) is 10.7. The van der Waals surface area contributed by atoms with Crippen molar-refractivity contribution >= 4 is 50.0 Å². The standard InChI is InChI=1S/C27H23N5O6S/c1-36-20-12-19(13-21(15-20)37-2)28-25-26(31-24-9-4-3-8-23(24)30-25)32-39(34,35)22-7-5-6-18(14-22)29-27(33)17-10-11-38-16-17/h3-16H,1-2H3,(H,28,30)(H,29,33)(H,31,32). The normalized spacial score (nSPS) is 11.1. The van der Waals surface area contributed by atoms with E-state index in [1.807, 2.05) is 6.07 Å². The number of nitrogens with one attached hydrogen (secondary N) is 3. The number of sulfonamides is 1. The van der Waals surface area contributed by atoms with Crippen LogP contribution in [0.1, 0.15) is 10.4 Å². The molecule has 2 aromatic heterocycles. The zero-order chi connectivity index (χ0) is 27.4. The summed E-state index contributed by atoms with van der Waals surface area (Å²) >= 11 is 0. The summed E-state index contributed by atoms with van der Waals surface area (Å²) in [6, 6.07) is 19.6. The fourth-order valence-electron chi connectivity index (χ4n) is 3.70. The molecular weight excluding hydrogens is 522 g/mol. The van der Waals surface area contributed by atoms with Gasteiger partial charge in [-0.05, 0) is 36.4 Å². The first-order valence-corrected chi connectivity index (χ1v) is 13.1. The van der Waals surface area contributed by atoms with Gasteiger partial charge < -0.3 is 24.5 Å². The van der Waals surface area contributed by atoms with E-state index in [9.17, 15) is 13.2 Å². The van der Waals surface area contributed by atoms with Crippen molar-refractivity contribution in [2.75, 3.05) is 29.6 Å². The third-order valence-corrected chi connectivity index (χ3v) is 6.94. The van der Waals surface area contributed by atoms with Crippen molar-refractivity contribution in [2.45, 2.75) is 4.90 Å². The Balaban J connectivity index is 1.49. The van der Waals surface area contributed by atoms with Crippen LogP contribution in [0.15, 0.2) is 94.6 Å². The largest absolute Gasteiger partial charge is 0.497 e. The fourth-order valence-corrected chi connectivity index (χ4v) is 4.75. The first-order valence-electron chi connectivity index (χ1n) is 11.6. The predicted molar refractivity (Wildman–Crippen MR) is 146 cm³/mol. The molecule has 0 aliphatic carbocycles. The van der Waals surface area contributed by atoms with Crippen LogP contribution in [-0.2, 0) is 10.0 Å². The van der Waals surface area contributed by atoms with Gasteiger partial charge in [-0.15, -0.1) is 0 Å². The summed E-state index contributed by atoms with van der Waals surface area (Å²) in [5.41, 5.74) is 2.18. The highest BCUT2D eigenvalue weighted by Gasteiger charge is 2.20. The van der Waals surface area contributed by atoms with Gasteiger partial charge in [0.1, 0.15) is 17.8 Å². The number of rotatable bonds is 9. The maximum Gasteiger partial charge on any atom is 0.263 e. The van der Waals surface area contributed by atoms with Crippen LogP contribution in [0, 0.1) is 0 Å². The number of carbonyl (C=O) groups excluding carboxylic acids is 1. The molecule has 0 aliphatic heterocycles. The Bertz CT molecular complexity index is 1730. The SMILES string of the molecule is COc1cc(Nc2nc3ccccc3nc2NS(=O)(=O)c2cccc(NC(=O)c3ccoc3)c2)cc(OC)c1. The van der Waals surface area contributed by atoms with Gasteiger partial charge in [-0.25, -0.2) is 18.4 Å². The van der Waals surface area contributed by atoms with Crippen molar-refractivity contribution in [3.63, 3.8) is 0 Å². The topological polar surface area (TPSA) is 145 Å². The van der Waals surface area contributed by atoms with Gasteiger partial charge in [0.2, 0.25) is 0 Å². The number of fused-ring (bicyclic) bond motifs is 1. The predicted octanol–water partition coefficient (Wildman–Crippen LogP) is 5.04. The van der Waals surface area contributed by atoms with Crippen molar-refractivity contribution in [3.8, 4) is 11.5 Å². The molecule has 12 heteroatoms. The molecule has 3 aromatic carbocycles. The second-order valence-corrected chi connectivity index (χ2v) is 9.92. The molecule has 0 unspecified atom stereocenters. The molecule has 0 saturated carbocycles. The van der Waals surface area contributed by atoms with Crippen LogP contribution in [0.5, 0.6) is 11.5 Å². The van der Waals surface area contributed by atoms with Gasteiger partial charge in [-0.1, -0.05) is 18.2 Å². The number of benzene rings is 3. The van der Waals surface area contributed by atoms with Crippen LogP contribution < -0.4 is 24.8 Å². The average molecular weight is 546 g/mol. The highest BCUT2D eigenvalue weighted by Crippen LogP contribution is 2.31. The molecule has 5 rings (SSSR count). The molecule has 2 heterocycles. The van der Waals surface area contributed by atoms with E-state index in [4.69, 9.17) is 13.9 Å². The van der Waals surface area contributed by atoms with Gasteiger partial charge in [0.05, 0.1) is 42.0 Å². The zero-order valence-corrected chi connectivity index (χ0v) is 21.7. The molecular formula is C27H23N5O6S. The first kappa shape index (κ1) is 25.5. The van der Waals surface area contributed by atoms with E-state index in [-0.39, 0.29) is 22.2 Å². The number of nitrogens with zero attached hydrogens (tertiary/aromatic N) is 2. The minimum Gasteiger partial charge on any atom is -0.497 e. The van der Waals surface area contributed by atoms with E-state index in [1.54, 1.807) is 42.5 Å². The van der Waals surface area contributed by atoms with Crippen LogP contribution in [0.2, 0.25) is 0 Å². The van der Waals surface area contributed by atoms with Gasteiger partial charge in [0.15, 0.2) is 11.6 Å². The minimum atomic E-state index is -4.15. The quantitative estimate of drug-likeness (QED) is 0.232. The van der Waals surface area contributed by atoms with Crippen LogP contribution in [0.4, 0.5) is 23.0 Å². The molecule has 1 amide bonds. The zero-order valence-electron chi connectivity index (χ0n) is 20.8. The second-order valence-electron chi connectivity index (χ2n) is 8.24. The van der Waals surface area contributed by atoms with E-state index in [0.29, 0.717) is 33.8 Å². The summed E-state index contributed by atoms with van der Waals surface area (Å²) in [5, 5.41) is 5.77. The summed E-state index contributed by atoms with van der Waals surface area (Å²) in [7, 11) is -1.09. The van der Waals surface area contributed by atoms with E-state index < -0.39 is 15.9 Å². The monoisotopic (exact) mass is 545 g/mol. The molecule has 0 bridgehead atoms. The number of ether oxygens (including phenoxy) is 2. The van der Waals surface area contributed by atoms with E-state index >= 15 is 0 Å². The number of methoxy groups -OCH3 is 2. The number of para-hydroxylation sites is 2. The molecule has 39 heavy (non-hydrogen) atoms. The van der Waals surface area contributed by atoms with Crippen LogP contribution in [-0.4, -0.2) is 38.5 Å². The smallest absolute Gasteiger partial charge is 0.263 e. The Morgan fingerprint density at radius 3 is 2.15 bits per heavy atom. The summed E-state index contributed by atoms with van der Waals surface area (Å²) in [5.74, 6) is 0.760. The number of amides is 1. The number of furan rings is 1. The lowest BCUT2D eigenvalue weighted by Gasteiger charge is -2.15. The van der Waals surface area contributed by atoms with Crippen molar-refractivity contribution in [2.24, 2.45) is 0 Å². The summed E-state index contributed by atoms with van der Waals surface area (Å²) < 4.78 is 45.0. The number of hydrogen-bond donors (Lipinski definition) is 3. The Labute approximate surface area is 223 Å². The molecule has 11 nitrogen and oxygen atoms in total. The summed E-state index contributed by atoms with van der Waals surface area (Å²) in [6.45, 7) is 0. The lowest BCUT2D eigenvalue weighted by Crippen LogP contribution is -2.17. The maximum absolute atomic E-state index is 13.4. The van der Waals surface area contributed by atoms with E-state index in [2.05, 4.69) is 25.3 Å². The molecule has 0 fully saturated rings. The minimum absolute atomic E-state index is 0.0247. The first-order chi connectivity index (χ1) is 18.8. The molecule has 3 N–H and O–H groups in total. The van der Waals surface area contributed by atoms with Gasteiger partial charge in [0, 0.05) is 29.6 Å². The third-order valence-electron chi connectivity index (χ3n) is 5.60. The fraction of sp³-hybridized carbons (Fsp3) is 0.0741. The van der Waals surface area contributed by atoms with E-state index in [1.165, 1.54) is 51.0 Å². The van der Waals surface area contributed by atoms with Gasteiger partial charge >= 0.3 is 0 Å². The van der Waals surface area contributed by atoms with Gasteiger partial charge in [-0.2, -0.15) is 0 Å². The van der Waals surface area contributed by atoms with Gasteiger partial charge in [-0.3, -0.25) is 9.52 Å². The molecule has 0 aliphatic rings. The van der Waals surface area contributed by atoms with Crippen molar-refractivity contribution < 1.29 is 27.1 Å². The molecule has 5 aromatic rings. The number of aromatic nitrogens is 2. The van der Waals surface area contributed by atoms with Crippen molar-refractivity contribution in [1.29, 1.82) is 0 Å². The average Bonchev–Trinajstić information content (AvgIpc) is 3.48. The molecule has 0 radical (unpaired) electrons.